The van der Waals surface area contributed by atoms with Gasteiger partial charge in [0.2, 0.25) is 0 Å². The van der Waals surface area contributed by atoms with E-state index in [1.165, 1.54) is 6.07 Å². The fourth-order valence-electron chi connectivity index (χ4n) is 4.40. The van der Waals surface area contributed by atoms with Crippen LogP contribution >= 0.6 is 0 Å². The number of benzene rings is 2. The lowest BCUT2D eigenvalue weighted by molar-refractivity contribution is 0.233. The van der Waals surface area contributed by atoms with Crippen molar-refractivity contribution in [3.05, 3.63) is 35.9 Å². The van der Waals surface area contributed by atoms with E-state index in [2.05, 4.69) is 53.0 Å². The van der Waals surface area contributed by atoms with Crippen molar-refractivity contribution in [1.82, 2.24) is 0 Å². The lowest BCUT2D eigenvalue weighted by atomic mass is 9.76. The highest BCUT2D eigenvalue weighted by Crippen LogP contribution is 2.49. The molecule has 25 heavy (non-hydrogen) atoms. The van der Waals surface area contributed by atoms with Gasteiger partial charge < -0.3 is 10.2 Å². The minimum atomic E-state index is -0.646. The summed E-state index contributed by atoms with van der Waals surface area (Å²) < 4.78 is 0. The van der Waals surface area contributed by atoms with E-state index in [4.69, 9.17) is 0 Å². The Hall–Kier alpha value is -1.92. The number of rotatable bonds is 4. The second kappa shape index (κ2) is 7.54. The molecule has 0 bridgehead atoms. The van der Waals surface area contributed by atoms with E-state index in [0.717, 1.165) is 16.3 Å². The van der Waals surface area contributed by atoms with E-state index in [-0.39, 0.29) is 11.5 Å². The minimum Gasteiger partial charge on any atom is -0.508 e. The van der Waals surface area contributed by atoms with Gasteiger partial charge in [0.1, 0.15) is 21.0 Å². The molecule has 0 amide bonds. The molecule has 0 aliphatic rings. The maximum Gasteiger partial charge on any atom is 0.128 e. The predicted molar refractivity (Wildman–Crippen MR) is 110 cm³/mol. The third kappa shape index (κ3) is 3.69. The molecule has 0 radical (unpaired) electrons. The molecule has 3 heteroatoms. The summed E-state index contributed by atoms with van der Waals surface area (Å²) in [7, 11) is -0.646. The average Bonchev–Trinajstić information content (AvgIpc) is 2.49. The van der Waals surface area contributed by atoms with Crippen LogP contribution in [0.2, 0.25) is 5.04 Å². The lowest BCUT2D eigenvalue weighted by Crippen LogP contribution is -2.36. The highest BCUT2D eigenvalue weighted by atomic mass is 28.2. The molecule has 0 saturated heterocycles. The molecule has 2 aromatic carbocycles. The van der Waals surface area contributed by atoms with Gasteiger partial charge in [0.15, 0.2) is 0 Å². The number of fused-ring (bicyclic) bond motifs is 1. The Morgan fingerprint density at radius 1 is 0.920 bits per heavy atom. The lowest BCUT2D eigenvalue weighted by Gasteiger charge is -2.44. The van der Waals surface area contributed by atoms with Crippen LogP contribution in [0, 0.1) is 29.2 Å². The summed E-state index contributed by atoms with van der Waals surface area (Å²) in [5.41, 5.74) is 4.38. The van der Waals surface area contributed by atoms with E-state index in [1.54, 1.807) is 6.07 Å². The number of phenols is 2. The van der Waals surface area contributed by atoms with E-state index >= 15 is 0 Å². The van der Waals surface area contributed by atoms with Gasteiger partial charge in [0, 0.05) is 17.0 Å². The summed E-state index contributed by atoms with van der Waals surface area (Å²) in [5, 5.41) is 21.8. The van der Waals surface area contributed by atoms with Gasteiger partial charge in [-0.3, -0.25) is 0 Å². The molecule has 0 heterocycles. The zero-order valence-electron chi connectivity index (χ0n) is 16.2. The first-order chi connectivity index (χ1) is 11.7. The van der Waals surface area contributed by atoms with Crippen LogP contribution in [0.4, 0.5) is 0 Å². The largest absolute Gasteiger partial charge is 0.508 e. The van der Waals surface area contributed by atoms with Crippen molar-refractivity contribution in [3.8, 4) is 23.0 Å². The SMILES string of the molecule is CC(C)C([SiH2]C#Cc1cccc2cc(O)cc(O)c12)(C(C)C)C(C)C. The predicted octanol–water partition coefficient (Wildman–Crippen LogP) is 4.86. The van der Waals surface area contributed by atoms with Crippen LogP contribution in [0.15, 0.2) is 30.3 Å². The number of aromatic hydroxyl groups is 2. The maximum absolute atomic E-state index is 10.2. The summed E-state index contributed by atoms with van der Waals surface area (Å²) in [6.45, 7) is 13.9. The summed E-state index contributed by atoms with van der Waals surface area (Å²) in [4.78, 5) is 0. The van der Waals surface area contributed by atoms with E-state index in [0.29, 0.717) is 22.8 Å². The monoisotopic (exact) mass is 354 g/mol. The van der Waals surface area contributed by atoms with Crippen LogP contribution in [0.3, 0.4) is 0 Å². The average molecular weight is 355 g/mol. The molecular weight excluding hydrogens is 324 g/mol. The Balaban J connectivity index is 2.46. The van der Waals surface area contributed by atoms with Gasteiger partial charge >= 0.3 is 0 Å². The van der Waals surface area contributed by atoms with Gasteiger partial charge in [0.05, 0.1) is 0 Å². The Bertz CT molecular complexity index is 788. The van der Waals surface area contributed by atoms with Gasteiger partial charge in [-0.15, -0.1) is 5.54 Å². The Kier molecular flexibility index (Phi) is 5.85. The Labute approximate surface area is 154 Å². The van der Waals surface area contributed by atoms with Crippen LogP contribution in [-0.4, -0.2) is 19.7 Å². The van der Waals surface area contributed by atoms with Crippen molar-refractivity contribution in [3.63, 3.8) is 0 Å². The molecule has 0 saturated carbocycles. The van der Waals surface area contributed by atoms with E-state index < -0.39 is 9.52 Å². The summed E-state index contributed by atoms with van der Waals surface area (Å²) >= 11 is 0. The Morgan fingerprint density at radius 3 is 2.08 bits per heavy atom. The summed E-state index contributed by atoms with van der Waals surface area (Å²) in [6, 6.07) is 8.80. The summed E-state index contributed by atoms with van der Waals surface area (Å²) in [5.74, 6) is 5.31. The van der Waals surface area contributed by atoms with Crippen LogP contribution < -0.4 is 0 Å². The van der Waals surface area contributed by atoms with Crippen molar-refractivity contribution in [2.24, 2.45) is 17.8 Å². The van der Waals surface area contributed by atoms with Gasteiger partial charge in [-0.2, -0.15) is 0 Å². The van der Waals surface area contributed by atoms with Gasteiger partial charge in [0.25, 0.3) is 0 Å². The quantitative estimate of drug-likeness (QED) is 0.608. The topological polar surface area (TPSA) is 40.5 Å². The molecule has 2 aromatic rings. The van der Waals surface area contributed by atoms with Crippen LogP contribution in [0.5, 0.6) is 11.5 Å². The third-order valence-electron chi connectivity index (χ3n) is 5.78. The first-order valence-electron chi connectivity index (χ1n) is 9.13. The van der Waals surface area contributed by atoms with Gasteiger partial charge in [-0.25, -0.2) is 0 Å². The molecular formula is C22H30O2Si. The molecule has 0 atom stereocenters. The molecule has 2 rings (SSSR count). The van der Waals surface area contributed by atoms with Crippen LogP contribution in [-0.2, 0) is 0 Å². The molecule has 0 aliphatic carbocycles. The molecule has 0 aromatic heterocycles. The molecule has 0 unspecified atom stereocenters. The maximum atomic E-state index is 10.2. The second-order valence-electron chi connectivity index (χ2n) is 7.92. The highest BCUT2D eigenvalue weighted by Gasteiger charge is 2.39. The normalized spacial score (nSPS) is 12.5. The molecule has 0 fully saturated rings. The van der Waals surface area contributed by atoms with Crippen molar-refractivity contribution in [2.45, 2.75) is 46.6 Å². The van der Waals surface area contributed by atoms with Crippen molar-refractivity contribution in [1.29, 1.82) is 0 Å². The number of phenolic OH excluding ortho intramolecular Hbond substituents is 2. The smallest absolute Gasteiger partial charge is 0.128 e. The van der Waals surface area contributed by atoms with Crippen molar-refractivity contribution in [2.75, 3.05) is 0 Å². The second-order valence-corrected chi connectivity index (χ2v) is 9.86. The number of hydrogen-bond donors (Lipinski definition) is 2. The third-order valence-corrected chi connectivity index (χ3v) is 9.20. The molecule has 0 aliphatic heterocycles. The highest BCUT2D eigenvalue weighted by molar-refractivity contribution is 6.50. The first-order valence-corrected chi connectivity index (χ1v) is 10.5. The standard InChI is InChI=1S/C22H30O2Si/c1-14(2)22(15(3)4,16(5)6)25-11-10-17-8-7-9-18-12-19(23)13-20(24)21(17)18/h7-9,12-16,23-24H,25H2,1-6H3. The van der Waals surface area contributed by atoms with Crippen molar-refractivity contribution >= 4 is 20.3 Å². The van der Waals surface area contributed by atoms with Crippen LogP contribution in [0.1, 0.15) is 47.1 Å². The zero-order valence-corrected chi connectivity index (χ0v) is 17.6. The molecule has 2 nitrogen and oxygen atoms in total. The molecule has 134 valence electrons. The van der Waals surface area contributed by atoms with E-state index in [9.17, 15) is 10.2 Å². The molecule has 2 N–H and O–H groups in total. The van der Waals surface area contributed by atoms with Crippen molar-refractivity contribution < 1.29 is 10.2 Å². The zero-order chi connectivity index (χ0) is 18.8. The van der Waals surface area contributed by atoms with Gasteiger partial charge in [-0.1, -0.05) is 59.6 Å². The fourth-order valence-corrected chi connectivity index (χ4v) is 6.21. The Morgan fingerprint density at radius 2 is 1.52 bits per heavy atom. The fraction of sp³-hybridized carbons (Fsp3) is 0.455. The van der Waals surface area contributed by atoms with E-state index in [1.807, 2.05) is 18.2 Å². The molecule has 0 spiro atoms. The summed E-state index contributed by atoms with van der Waals surface area (Å²) in [6.07, 6.45) is 0. The minimum absolute atomic E-state index is 0.0722. The van der Waals surface area contributed by atoms with Gasteiger partial charge in [-0.05, 0) is 40.3 Å². The first kappa shape index (κ1) is 19.4. The number of hydrogen-bond acceptors (Lipinski definition) is 2. The van der Waals surface area contributed by atoms with Crippen LogP contribution in [0.25, 0.3) is 10.8 Å².